The van der Waals surface area contributed by atoms with Crippen LogP contribution in [0, 0.1) is 6.92 Å². The fourth-order valence-corrected chi connectivity index (χ4v) is 1.69. The SMILES string of the molecule is CCOC(=O)c1nnn(CC(=O)NCc2ccco2)c1C. The van der Waals surface area contributed by atoms with E-state index in [1.54, 1.807) is 26.0 Å². The summed E-state index contributed by atoms with van der Waals surface area (Å²) < 4.78 is 11.3. The molecule has 1 amide bonds. The normalized spacial score (nSPS) is 10.4. The van der Waals surface area contributed by atoms with E-state index in [0.29, 0.717) is 18.0 Å². The fourth-order valence-electron chi connectivity index (χ4n) is 1.69. The van der Waals surface area contributed by atoms with Crippen LogP contribution in [0.4, 0.5) is 0 Å². The van der Waals surface area contributed by atoms with E-state index < -0.39 is 5.97 Å². The van der Waals surface area contributed by atoms with E-state index in [4.69, 9.17) is 9.15 Å². The van der Waals surface area contributed by atoms with Crippen molar-refractivity contribution in [1.29, 1.82) is 0 Å². The molecule has 0 fully saturated rings. The first-order valence-corrected chi connectivity index (χ1v) is 6.48. The van der Waals surface area contributed by atoms with Crippen molar-refractivity contribution in [1.82, 2.24) is 20.3 Å². The zero-order valence-corrected chi connectivity index (χ0v) is 11.8. The van der Waals surface area contributed by atoms with Crippen molar-refractivity contribution in [3.8, 4) is 0 Å². The molecule has 0 bridgehead atoms. The van der Waals surface area contributed by atoms with Gasteiger partial charge in [0, 0.05) is 0 Å². The summed E-state index contributed by atoms with van der Waals surface area (Å²) in [6.07, 6.45) is 1.54. The maximum atomic E-state index is 11.8. The van der Waals surface area contributed by atoms with Gasteiger partial charge in [0.05, 0.1) is 25.1 Å². The Morgan fingerprint density at radius 3 is 2.95 bits per heavy atom. The van der Waals surface area contributed by atoms with Crippen LogP contribution in [0.2, 0.25) is 0 Å². The third-order valence-electron chi connectivity index (χ3n) is 2.78. The standard InChI is InChI=1S/C13H16N4O4/c1-3-20-13(19)12-9(2)17(16-15-12)8-11(18)14-7-10-5-4-6-21-10/h4-6H,3,7-8H2,1-2H3,(H,14,18). The minimum Gasteiger partial charge on any atom is -0.467 e. The van der Waals surface area contributed by atoms with Crippen LogP contribution in [-0.4, -0.2) is 33.5 Å². The summed E-state index contributed by atoms with van der Waals surface area (Å²) >= 11 is 0. The Hall–Kier alpha value is -2.64. The molecule has 0 saturated heterocycles. The monoisotopic (exact) mass is 292 g/mol. The van der Waals surface area contributed by atoms with Crippen molar-refractivity contribution in [2.24, 2.45) is 0 Å². The third kappa shape index (κ3) is 3.68. The van der Waals surface area contributed by atoms with Crippen LogP contribution in [0.5, 0.6) is 0 Å². The first kappa shape index (κ1) is 14.8. The highest BCUT2D eigenvalue weighted by Gasteiger charge is 2.18. The molecule has 0 aliphatic carbocycles. The van der Waals surface area contributed by atoms with Crippen molar-refractivity contribution < 1.29 is 18.7 Å². The number of nitrogens with one attached hydrogen (secondary N) is 1. The molecule has 0 aliphatic rings. The van der Waals surface area contributed by atoms with Gasteiger partial charge in [-0.05, 0) is 26.0 Å². The zero-order valence-electron chi connectivity index (χ0n) is 11.8. The van der Waals surface area contributed by atoms with Gasteiger partial charge in [0.25, 0.3) is 0 Å². The van der Waals surface area contributed by atoms with Gasteiger partial charge in [0.1, 0.15) is 12.3 Å². The Bertz CT molecular complexity index is 618. The first-order chi connectivity index (χ1) is 10.1. The van der Waals surface area contributed by atoms with E-state index in [1.165, 1.54) is 10.9 Å². The molecule has 2 heterocycles. The molecule has 2 aromatic heterocycles. The van der Waals surface area contributed by atoms with Gasteiger partial charge in [0.2, 0.25) is 5.91 Å². The van der Waals surface area contributed by atoms with E-state index in [1.807, 2.05) is 0 Å². The lowest BCUT2D eigenvalue weighted by Crippen LogP contribution is -2.27. The lowest BCUT2D eigenvalue weighted by molar-refractivity contribution is -0.122. The Morgan fingerprint density at radius 1 is 1.48 bits per heavy atom. The van der Waals surface area contributed by atoms with Crippen molar-refractivity contribution in [3.63, 3.8) is 0 Å². The van der Waals surface area contributed by atoms with E-state index >= 15 is 0 Å². The lowest BCUT2D eigenvalue weighted by Gasteiger charge is -2.05. The minimum atomic E-state index is -0.544. The van der Waals surface area contributed by atoms with E-state index in [-0.39, 0.29) is 24.8 Å². The van der Waals surface area contributed by atoms with Gasteiger partial charge >= 0.3 is 5.97 Å². The molecule has 1 N–H and O–H groups in total. The molecule has 0 spiro atoms. The van der Waals surface area contributed by atoms with Gasteiger partial charge in [-0.25, -0.2) is 9.48 Å². The number of furan rings is 1. The molecule has 2 aromatic rings. The summed E-state index contributed by atoms with van der Waals surface area (Å²) in [5.74, 6) is -0.141. The Labute approximate surface area is 121 Å². The summed E-state index contributed by atoms with van der Waals surface area (Å²) in [6.45, 7) is 3.89. The molecule has 0 atom stereocenters. The van der Waals surface area contributed by atoms with Gasteiger partial charge in [-0.2, -0.15) is 0 Å². The maximum Gasteiger partial charge on any atom is 0.360 e. The Balaban J connectivity index is 1.93. The molecule has 0 aromatic carbocycles. The molecule has 0 aliphatic heterocycles. The molecular formula is C13H16N4O4. The van der Waals surface area contributed by atoms with Crippen molar-refractivity contribution in [2.45, 2.75) is 26.9 Å². The number of hydrogen-bond acceptors (Lipinski definition) is 6. The largest absolute Gasteiger partial charge is 0.467 e. The number of aromatic nitrogens is 3. The topological polar surface area (TPSA) is 99.2 Å². The van der Waals surface area contributed by atoms with E-state index in [0.717, 1.165) is 0 Å². The number of amides is 1. The van der Waals surface area contributed by atoms with Gasteiger partial charge in [-0.3, -0.25) is 4.79 Å². The van der Waals surface area contributed by atoms with E-state index in [2.05, 4.69) is 15.6 Å². The van der Waals surface area contributed by atoms with Crippen molar-refractivity contribution >= 4 is 11.9 Å². The molecular weight excluding hydrogens is 276 g/mol. The number of carbonyl (C=O) groups excluding carboxylic acids is 2. The van der Waals surface area contributed by atoms with Gasteiger partial charge in [-0.15, -0.1) is 5.10 Å². The number of rotatable bonds is 6. The second kappa shape index (κ2) is 6.69. The first-order valence-electron chi connectivity index (χ1n) is 6.48. The van der Waals surface area contributed by atoms with Crippen molar-refractivity contribution in [2.75, 3.05) is 6.61 Å². The van der Waals surface area contributed by atoms with Gasteiger partial charge < -0.3 is 14.5 Å². The molecule has 8 heteroatoms. The molecule has 0 unspecified atom stereocenters. The number of esters is 1. The zero-order chi connectivity index (χ0) is 15.2. The predicted octanol–water partition coefficient (Wildman–Crippen LogP) is 0.673. The molecule has 2 rings (SSSR count). The van der Waals surface area contributed by atoms with E-state index in [9.17, 15) is 9.59 Å². The van der Waals surface area contributed by atoms with Gasteiger partial charge in [0.15, 0.2) is 5.69 Å². The summed E-state index contributed by atoms with van der Waals surface area (Å²) in [4.78, 5) is 23.4. The summed E-state index contributed by atoms with van der Waals surface area (Å²) in [5.41, 5.74) is 0.609. The maximum absolute atomic E-state index is 11.8. The third-order valence-corrected chi connectivity index (χ3v) is 2.78. The van der Waals surface area contributed by atoms with Crippen LogP contribution in [0.1, 0.15) is 28.9 Å². The number of nitrogens with zero attached hydrogens (tertiary/aromatic N) is 3. The molecule has 0 radical (unpaired) electrons. The molecule has 8 nitrogen and oxygen atoms in total. The second-order valence-electron chi connectivity index (χ2n) is 4.26. The van der Waals surface area contributed by atoms with Crippen LogP contribution in [0.15, 0.2) is 22.8 Å². The Kier molecular flexibility index (Phi) is 4.70. The highest BCUT2D eigenvalue weighted by atomic mass is 16.5. The Morgan fingerprint density at radius 2 is 2.29 bits per heavy atom. The van der Waals surface area contributed by atoms with Crippen LogP contribution >= 0.6 is 0 Å². The second-order valence-corrected chi connectivity index (χ2v) is 4.26. The number of ether oxygens (including phenoxy) is 1. The highest BCUT2D eigenvalue weighted by Crippen LogP contribution is 2.05. The summed E-state index contributed by atoms with van der Waals surface area (Å²) in [6, 6.07) is 3.51. The van der Waals surface area contributed by atoms with Gasteiger partial charge in [-0.1, -0.05) is 5.21 Å². The molecule has 0 saturated carbocycles. The molecule has 21 heavy (non-hydrogen) atoms. The highest BCUT2D eigenvalue weighted by molar-refractivity contribution is 5.88. The summed E-state index contributed by atoms with van der Waals surface area (Å²) in [7, 11) is 0. The lowest BCUT2D eigenvalue weighted by atomic mass is 10.3. The van der Waals surface area contributed by atoms with Crippen LogP contribution in [0.3, 0.4) is 0 Å². The average molecular weight is 292 g/mol. The number of hydrogen-bond donors (Lipinski definition) is 1. The quantitative estimate of drug-likeness (QED) is 0.786. The van der Waals surface area contributed by atoms with Crippen LogP contribution in [-0.2, 0) is 22.6 Å². The smallest absolute Gasteiger partial charge is 0.360 e. The van der Waals surface area contributed by atoms with Crippen molar-refractivity contribution in [3.05, 3.63) is 35.5 Å². The fraction of sp³-hybridized carbons (Fsp3) is 0.385. The minimum absolute atomic E-state index is 0.0288. The molecule has 112 valence electrons. The average Bonchev–Trinajstić information content (AvgIpc) is 3.08. The predicted molar refractivity (Wildman–Crippen MR) is 71.3 cm³/mol. The van der Waals surface area contributed by atoms with Crippen LogP contribution < -0.4 is 5.32 Å². The summed E-state index contributed by atoms with van der Waals surface area (Å²) in [5, 5.41) is 10.2. The number of carbonyl (C=O) groups is 2. The van der Waals surface area contributed by atoms with Crippen LogP contribution in [0.25, 0.3) is 0 Å².